The fraction of sp³-hybridized carbons (Fsp3) is 0.0930. The first-order valence-electron chi connectivity index (χ1n) is 17.8. The van der Waals surface area contributed by atoms with Crippen LogP contribution in [0.15, 0.2) is 126 Å². The number of aryl methyl sites for hydroxylation is 3. The summed E-state index contributed by atoms with van der Waals surface area (Å²) in [7, 11) is 2.15. The number of aromatic nitrogens is 6. The maximum absolute atomic E-state index is 6.68. The Morgan fingerprint density at radius 2 is 1.49 bits per heavy atom. The minimum atomic E-state index is -0.00480. The highest BCUT2D eigenvalue weighted by Crippen LogP contribution is 2.40. The minimum absolute atomic E-state index is 0.00480. The Labute approximate surface area is 304 Å². The number of pyridine rings is 1. The van der Waals surface area contributed by atoms with Crippen molar-refractivity contribution >= 4 is 67.9 Å². The smallest absolute Gasteiger partial charge is 0.417 e. The molecule has 5 aromatic heterocycles. The number of imidazole rings is 3. The lowest BCUT2D eigenvalue weighted by Gasteiger charge is -2.36. The minimum Gasteiger partial charge on any atom is -0.457 e. The molecule has 0 bridgehead atoms. The summed E-state index contributed by atoms with van der Waals surface area (Å²) in [5.41, 5.74) is 12.6. The predicted molar refractivity (Wildman–Crippen MR) is 212 cm³/mol. The summed E-state index contributed by atoms with van der Waals surface area (Å²) < 4.78 is 19.4. The summed E-state index contributed by atoms with van der Waals surface area (Å²) in [6.45, 7) is 6.46. The van der Waals surface area contributed by atoms with Gasteiger partial charge in [0.25, 0.3) is 0 Å². The van der Waals surface area contributed by atoms with E-state index in [4.69, 9.17) is 24.1 Å². The number of anilines is 1. The number of nitrogens with zero attached hydrogens (tertiary/aromatic N) is 7. The molecule has 254 valence electrons. The molecule has 1 aliphatic heterocycles. The molecule has 11 rings (SSSR count). The first kappa shape index (κ1) is 29.9. The summed E-state index contributed by atoms with van der Waals surface area (Å²) >= 11 is 0. The van der Waals surface area contributed by atoms with Crippen molar-refractivity contribution in [2.45, 2.75) is 20.8 Å². The van der Waals surface area contributed by atoms with Gasteiger partial charge in [0, 0.05) is 40.5 Å². The number of para-hydroxylation sites is 2. The van der Waals surface area contributed by atoms with E-state index in [1.54, 1.807) is 6.20 Å². The predicted octanol–water partition coefficient (Wildman–Crippen LogP) is 9.00. The molecule has 0 fully saturated rings. The quantitative estimate of drug-likeness (QED) is 0.172. The summed E-state index contributed by atoms with van der Waals surface area (Å²) in [6.07, 6.45) is 5.76. The summed E-state index contributed by atoms with van der Waals surface area (Å²) in [4.78, 5) is 17.3. The lowest BCUT2D eigenvalue weighted by molar-refractivity contribution is 0.483. The zero-order valence-corrected chi connectivity index (χ0v) is 29.6. The standard InChI is InChI=1S/C43H32BN7O2/c1-25-9-7-10-26(2)40(25)44-48(4)33-17-15-28(21-32(33)42-45-19-20-49(42)44)52-29-16-18-34-36(22-29)51(43-47-41-27(3)11-8-13-35(41)50(34)43)39-23-31-30-12-5-6-14-37(30)53-38(31)24-46-39/h5-24H,1-4H3. The number of fused-ring (bicyclic) bond motifs is 11. The molecule has 0 unspecified atom stereocenters. The molecule has 9 nitrogen and oxygen atoms in total. The Morgan fingerprint density at radius 1 is 0.698 bits per heavy atom. The first-order valence-corrected chi connectivity index (χ1v) is 17.8. The third kappa shape index (κ3) is 4.23. The largest absolute Gasteiger partial charge is 0.457 e. The van der Waals surface area contributed by atoms with Crippen molar-refractivity contribution in [2.24, 2.45) is 0 Å². The van der Waals surface area contributed by atoms with Crippen LogP contribution in [-0.2, 0) is 0 Å². The highest BCUT2D eigenvalue weighted by Gasteiger charge is 2.37. The number of ether oxygens (including phenoxy) is 1. The van der Waals surface area contributed by atoms with Crippen LogP contribution in [0.5, 0.6) is 11.5 Å². The molecule has 0 saturated carbocycles. The van der Waals surface area contributed by atoms with Crippen LogP contribution < -0.4 is 15.0 Å². The average Bonchev–Trinajstić information content (AvgIpc) is 3.94. The number of benzene rings is 5. The second-order valence-corrected chi connectivity index (χ2v) is 14.0. The molecular formula is C43H32BN7O2. The molecule has 0 spiro atoms. The van der Waals surface area contributed by atoms with Crippen molar-refractivity contribution in [3.63, 3.8) is 0 Å². The van der Waals surface area contributed by atoms with Crippen LogP contribution in [0.1, 0.15) is 16.7 Å². The Bertz CT molecular complexity index is 3110. The van der Waals surface area contributed by atoms with E-state index in [-0.39, 0.29) is 6.98 Å². The summed E-state index contributed by atoms with van der Waals surface area (Å²) in [5.74, 6) is 3.87. The Kier molecular flexibility index (Phi) is 6.12. The second kappa shape index (κ2) is 10.9. The molecule has 53 heavy (non-hydrogen) atoms. The third-order valence-corrected chi connectivity index (χ3v) is 10.9. The van der Waals surface area contributed by atoms with Crippen LogP contribution in [0.25, 0.3) is 67.0 Å². The van der Waals surface area contributed by atoms with Gasteiger partial charge in [-0.25, -0.2) is 15.0 Å². The molecule has 0 radical (unpaired) electrons. The average molecular weight is 690 g/mol. The van der Waals surface area contributed by atoms with Gasteiger partial charge in [0.05, 0.1) is 28.3 Å². The molecule has 0 amide bonds. The van der Waals surface area contributed by atoms with E-state index in [0.717, 1.165) is 84.0 Å². The summed E-state index contributed by atoms with van der Waals surface area (Å²) in [6, 6.07) is 35.5. The van der Waals surface area contributed by atoms with Crippen LogP contribution in [0.4, 0.5) is 5.69 Å². The van der Waals surface area contributed by atoms with Gasteiger partial charge >= 0.3 is 6.98 Å². The van der Waals surface area contributed by atoms with Crippen LogP contribution in [0, 0.1) is 20.8 Å². The zero-order valence-electron chi connectivity index (χ0n) is 29.6. The SMILES string of the molecule is Cc1cccc(C)c1B1N(C)c2ccc(Oc3ccc4c(c3)n(-c3cc5c(cn3)oc3ccccc35)c3nc5c(C)cccc5n43)cc2-c2nccn21. The molecule has 5 aromatic carbocycles. The van der Waals surface area contributed by atoms with Crippen LogP contribution >= 0.6 is 0 Å². The van der Waals surface area contributed by atoms with E-state index in [1.165, 1.54) is 16.6 Å². The van der Waals surface area contributed by atoms with E-state index >= 15 is 0 Å². The number of rotatable bonds is 4. The molecule has 6 heterocycles. The number of furan rings is 1. The molecule has 10 heteroatoms. The normalized spacial score (nSPS) is 12.8. The maximum atomic E-state index is 6.68. The van der Waals surface area contributed by atoms with Crippen LogP contribution in [0.3, 0.4) is 0 Å². The number of hydrogen-bond acceptors (Lipinski definition) is 6. The van der Waals surface area contributed by atoms with Gasteiger partial charge in [-0.1, -0.05) is 59.7 Å². The van der Waals surface area contributed by atoms with Crippen molar-refractivity contribution < 1.29 is 9.15 Å². The Balaban J connectivity index is 1.05. The lowest BCUT2D eigenvalue weighted by Crippen LogP contribution is -2.56. The molecular weight excluding hydrogens is 657 g/mol. The Morgan fingerprint density at radius 3 is 2.38 bits per heavy atom. The first-order chi connectivity index (χ1) is 25.9. The second-order valence-electron chi connectivity index (χ2n) is 14.0. The monoisotopic (exact) mass is 689 g/mol. The van der Waals surface area contributed by atoms with Gasteiger partial charge in [-0.15, -0.1) is 0 Å². The van der Waals surface area contributed by atoms with E-state index in [9.17, 15) is 0 Å². The van der Waals surface area contributed by atoms with Gasteiger partial charge in [-0.05, 0) is 87.4 Å². The van der Waals surface area contributed by atoms with Crippen molar-refractivity contribution in [3.8, 4) is 28.7 Å². The van der Waals surface area contributed by atoms with Gasteiger partial charge in [0.15, 0.2) is 5.58 Å². The van der Waals surface area contributed by atoms with Crippen molar-refractivity contribution in [3.05, 3.63) is 138 Å². The van der Waals surface area contributed by atoms with Gasteiger partial charge < -0.3 is 18.4 Å². The molecule has 0 N–H and O–H groups in total. The van der Waals surface area contributed by atoms with E-state index in [0.29, 0.717) is 5.75 Å². The van der Waals surface area contributed by atoms with E-state index in [1.807, 2.05) is 36.5 Å². The third-order valence-electron chi connectivity index (χ3n) is 10.9. The van der Waals surface area contributed by atoms with Gasteiger partial charge in [-0.3, -0.25) is 8.97 Å². The van der Waals surface area contributed by atoms with Crippen LogP contribution in [0.2, 0.25) is 0 Å². The van der Waals surface area contributed by atoms with Crippen molar-refractivity contribution in [2.75, 3.05) is 11.9 Å². The van der Waals surface area contributed by atoms with Crippen molar-refractivity contribution in [1.82, 2.24) is 28.4 Å². The molecule has 1 aliphatic rings. The lowest BCUT2D eigenvalue weighted by atomic mass is 9.60. The topological polar surface area (TPSA) is 78.6 Å². The maximum Gasteiger partial charge on any atom is 0.417 e. The summed E-state index contributed by atoms with van der Waals surface area (Å²) in [5, 5.41) is 2.05. The fourth-order valence-corrected chi connectivity index (χ4v) is 8.43. The van der Waals surface area contributed by atoms with Gasteiger partial charge in [0.2, 0.25) is 5.78 Å². The van der Waals surface area contributed by atoms with E-state index < -0.39 is 0 Å². The molecule has 0 saturated heterocycles. The highest BCUT2D eigenvalue weighted by molar-refractivity contribution is 6.77. The number of hydrogen-bond donors (Lipinski definition) is 0. The van der Waals surface area contributed by atoms with Gasteiger partial charge in [-0.2, -0.15) is 0 Å². The Hall–Kier alpha value is -6.81. The van der Waals surface area contributed by atoms with E-state index in [2.05, 4.69) is 125 Å². The van der Waals surface area contributed by atoms with Crippen molar-refractivity contribution in [1.29, 1.82) is 0 Å². The van der Waals surface area contributed by atoms with Gasteiger partial charge in [0.1, 0.15) is 28.7 Å². The fourth-order valence-electron chi connectivity index (χ4n) is 8.43. The molecule has 10 aromatic rings. The zero-order chi connectivity index (χ0) is 35.5. The van der Waals surface area contributed by atoms with Crippen LogP contribution in [-0.4, -0.2) is 42.4 Å². The highest BCUT2D eigenvalue weighted by atomic mass is 16.5. The molecule has 0 aliphatic carbocycles. The molecule has 0 atom stereocenters.